The number of carbonyl (C=O) groups excluding carboxylic acids is 2. The van der Waals surface area contributed by atoms with E-state index in [0.29, 0.717) is 39.1 Å². The van der Waals surface area contributed by atoms with Crippen LogP contribution in [0, 0.1) is 6.92 Å². The van der Waals surface area contributed by atoms with E-state index >= 15 is 0 Å². The van der Waals surface area contributed by atoms with Crippen molar-refractivity contribution in [1.82, 2.24) is 14.7 Å². The maximum absolute atomic E-state index is 12.7. The van der Waals surface area contributed by atoms with Crippen LogP contribution in [0.2, 0.25) is 0 Å². The zero-order valence-corrected chi connectivity index (χ0v) is 14.8. The number of fused-ring (bicyclic) bond motifs is 1. The molecule has 1 fully saturated rings. The molecule has 2 aromatic rings. The molecule has 7 nitrogen and oxygen atoms in total. The number of amides is 2. The van der Waals surface area contributed by atoms with Gasteiger partial charge in [-0.1, -0.05) is 12.1 Å². The molecular formula is C19H22N4O3. The van der Waals surface area contributed by atoms with E-state index in [2.05, 4.69) is 10.4 Å². The molecule has 1 atom stereocenters. The lowest BCUT2D eigenvalue weighted by Crippen LogP contribution is -2.47. The highest BCUT2D eigenvalue weighted by molar-refractivity contribution is 5.99. The molecule has 26 heavy (non-hydrogen) atoms. The van der Waals surface area contributed by atoms with Gasteiger partial charge >= 0.3 is 0 Å². The van der Waals surface area contributed by atoms with Gasteiger partial charge in [0.1, 0.15) is 0 Å². The molecule has 136 valence electrons. The van der Waals surface area contributed by atoms with E-state index in [4.69, 9.17) is 4.74 Å². The number of anilines is 1. The van der Waals surface area contributed by atoms with Gasteiger partial charge in [-0.15, -0.1) is 0 Å². The standard InChI is InChI=1S/C19H22N4O3/c1-13-9-20-23(10-13)12-16-11-22(4-5-26-16)19(25)7-14-2-3-15-8-18(24)21-17(15)6-14/h2-3,6,9-10,16H,4-5,7-8,11-12H2,1H3,(H,21,24). The Hall–Kier alpha value is -2.67. The van der Waals surface area contributed by atoms with Crippen molar-refractivity contribution in [3.8, 4) is 0 Å². The number of aryl methyl sites for hydroxylation is 1. The molecule has 1 unspecified atom stereocenters. The first-order valence-electron chi connectivity index (χ1n) is 8.87. The number of aromatic nitrogens is 2. The molecule has 7 heteroatoms. The Morgan fingerprint density at radius 3 is 3.12 bits per heavy atom. The number of benzene rings is 1. The van der Waals surface area contributed by atoms with E-state index in [0.717, 1.165) is 22.4 Å². The molecule has 1 saturated heterocycles. The van der Waals surface area contributed by atoms with Crippen molar-refractivity contribution in [3.63, 3.8) is 0 Å². The molecule has 4 rings (SSSR count). The average molecular weight is 354 g/mol. The third-order valence-electron chi connectivity index (χ3n) is 4.80. The first kappa shape index (κ1) is 16.8. The van der Waals surface area contributed by atoms with Crippen LogP contribution in [0.5, 0.6) is 0 Å². The lowest BCUT2D eigenvalue weighted by molar-refractivity contribution is -0.138. The van der Waals surface area contributed by atoms with Gasteiger partial charge in [0.25, 0.3) is 0 Å². The number of rotatable bonds is 4. The summed E-state index contributed by atoms with van der Waals surface area (Å²) in [6.07, 6.45) is 4.49. The summed E-state index contributed by atoms with van der Waals surface area (Å²) < 4.78 is 7.65. The van der Waals surface area contributed by atoms with Gasteiger partial charge in [0, 0.05) is 25.0 Å². The fraction of sp³-hybridized carbons (Fsp3) is 0.421. The largest absolute Gasteiger partial charge is 0.373 e. The SMILES string of the molecule is Cc1cnn(CC2CN(C(=O)Cc3ccc4c(c3)NC(=O)C4)CCO2)c1. The fourth-order valence-corrected chi connectivity index (χ4v) is 3.49. The number of ether oxygens (including phenoxy) is 1. The van der Waals surface area contributed by atoms with Gasteiger partial charge in [-0.25, -0.2) is 0 Å². The second kappa shape index (κ2) is 6.92. The monoisotopic (exact) mass is 354 g/mol. The lowest BCUT2D eigenvalue weighted by Gasteiger charge is -2.33. The van der Waals surface area contributed by atoms with Crippen LogP contribution in [-0.2, 0) is 33.7 Å². The van der Waals surface area contributed by atoms with Crippen LogP contribution < -0.4 is 5.32 Å². The number of carbonyl (C=O) groups is 2. The maximum atomic E-state index is 12.7. The minimum absolute atomic E-state index is 0.00774. The van der Waals surface area contributed by atoms with E-state index in [9.17, 15) is 9.59 Å². The molecule has 0 spiro atoms. The number of nitrogens with zero attached hydrogens (tertiary/aromatic N) is 3. The second-order valence-electron chi connectivity index (χ2n) is 6.97. The number of hydrogen-bond donors (Lipinski definition) is 1. The van der Waals surface area contributed by atoms with E-state index < -0.39 is 0 Å². The van der Waals surface area contributed by atoms with Crippen LogP contribution in [0.1, 0.15) is 16.7 Å². The summed E-state index contributed by atoms with van der Waals surface area (Å²) in [5, 5.41) is 7.12. The second-order valence-corrected chi connectivity index (χ2v) is 6.97. The summed E-state index contributed by atoms with van der Waals surface area (Å²) in [6.45, 7) is 4.36. The highest BCUT2D eigenvalue weighted by atomic mass is 16.5. The highest BCUT2D eigenvalue weighted by Crippen LogP contribution is 2.24. The van der Waals surface area contributed by atoms with Crippen LogP contribution in [0.25, 0.3) is 0 Å². The van der Waals surface area contributed by atoms with Gasteiger partial charge in [-0.2, -0.15) is 5.10 Å². The summed E-state index contributed by atoms with van der Waals surface area (Å²) in [6, 6.07) is 5.77. The van der Waals surface area contributed by atoms with Crippen LogP contribution in [0.15, 0.2) is 30.6 Å². The smallest absolute Gasteiger partial charge is 0.228 e. The van der Waals surface area contributed by atoms with Gasteiger partial charge < -0.3 is 15.0 Å². The van der Waals surface area contributed by atoms with E-state index in [1.54, 1.807) is 0 Å². The van der Waals surface area contributed by atoms with Crippen LogP contribution in [-0.4, -0.2) is 52.3 Å². The Bertz CT molecular complexity index is 845. The molecule has 1 aromatic heterocycles. The Morgan fingerprint density at radius 2 is 2.31 bits per heavy atom. The molecule has 1 N–H and O–H groups in total. The maximum Gasteiger partial charge on any atom is 0.228 e. The van der Waals surface area contributed by atoms with Gasteiger partial charge in [0.2, 0.25) is 11.8 Å². The van der Waals surface area contributed by atoms with Crippen molar-refractivity contribution in [2.45, 2.75) is 32.4 Å². The Kier molecular flexibility index (Phi) is 4.46. The zero-order valence-electron chi connectivity index (χ0n) is 14.8. The van der Waals surface area contributed by atoms with E-state index in [1.807, 2.05) is 47.1 Å². The number of morpholine rings is 1. The predicted octanol–water partition coefficient (Wildman–Crippen LogP) is 1.16. The van der Waals surface area contributed by atoms with Crippen LogP contribution in [0.3, 0.4) is 0 Å². The van der Waals surface area contributed by atoms with E-state index in [1.165, 1.54) is 0 Å². The van der Waals surface area contributed by atoms with Crippen molar-refractivity contribution in [3.05, 3.63) is 47.3 Å². The molecule has 3 heterocycles. The molecule has 2 amide bonds. The predicted molar refractivity (Wildman–Crippen MR) is 95.8 cm³/mol. The zero-order chi connectivity index (χ0) is 18.1. The van der Waals surface area contributed by atoms with Crippen molar-refractivity contribution >= 4 is 17.5 Å². The average Bonchev–Trinajstić information content (AvgIpc) is 3.19. The van der Waals surface area contributed by atoms with Crippen molar-refractivity contribution in [1.29, 1.82) is 0 Å². The summed E-state index contributed by atoms with van der Waals surface area (Å²) in [5.41, 5.74) is 3.85. The summed E-state index contributed by atoms with van der Waals surface area (Å²) in [5.74, 6) is 0.0903. The minimum Gasteiger partial charge on any atom is -0.373 e. The molecule has 0 bridgehead atoms. The minimum atomic E-state index is -0.0497. The number of hydrogen-bond acceptors (Lipinski definition) is 4. The Morgan fingerprint density at radius 1 is 1.42 bits per heavy atom. The first-order valence-corrected chi connectivity index (χ1v) is 8.87. The third kappa shape index (κ3) is 3.62. The summed E-state index contributed by atoms with van der Waals surface area (Å²) >= 11 is 0. The molecule has 0 aliphatic carbocycles. The number of nitrogens with one attached hydrogen (secondary N) is 1. The van der Waals surface area contributed by atoms with Gasteiger partial charge in [-0.3, -0.25) is 14.3 Å². The highest BCUT2D eigenvalue weighted by Gasteiger charge is 2.25. The molecule has 0 radical (unpaired) electrons. The summed E-state index contributed by atoms with van der Waals surface area (Å²) in [4.78, 5) is 26.0. The molecule has 0 saturated carbocycles. The lowest BCUT2D eigenvalue weighted by atomic mass is 10.1. The summed E-state index contributed by atoms with van der Waals surface area (Å²) in [7, 11) is 0. The fourth-order valence-electron chi connectivity index (χ4n) is 3.49. The quantitative estimate of drug-likeness (QED) is 0.894. The van der Waals surface area contributed by atoms with Crippen LogP contribution >= 0.6 is 0 Å². The molecular weight excluding hydrogens is 332 g/mol. The first-order chi connectivity index (χ1) is 12.6. The topological polar surface area (TPSA) is 76.5 Å². The molecule has 1 aromatic carbocycles. The van der Waals surface area contributed by atoms with E-state index in [-0.39, 0.29) is 17.9 Å². The van der Waals surface area contributed by atoms with Crippen molar-refractivity contribution in [2.75, 3.05) is 25.0 Å². The Labute approximate surface area is 151 Å². The van der Waals surface area contributed by atoms with Gasteiger partial charge in [-0.05, 0) is 29.7 Å². The van der Waals surface area contributed by atoms with Crippen LogP contribution in [0.4, 0.5) is 5.69 Å². The Balaban J connectivity index is 1.37. The van der Waals surface area contributed by atoms with Crippen molar-refractivity contribution < 1.29 is 14.3 Å². The molecule has 2 aliphatic rings. The molecule has 2 aliphatic heterocycles. The van der Waals surface area contributed by atoms with Crippen molar-refractivity contribution in [2.24, 2.45) is 0 Å². The normalized spacial score (nSPS) is 19.3. The van der Waals surface area contributed by atoms with Gasteiger partial charge in [0.05, 0.1) is 38.3 Å². The van der Waals surface area contributed by atoms with Gasteiger partial charge in [0.15, 0.2) is 0 Å². The third-order valence-corrected chi connectivity index (χ3v) is 4.80.